The smallest absolute Gasteiger partial charge is 0.288 e. The van der Waals surface area contributed by atoms with Gasteiger partial charge in [-0.1, -0.05) is 53.4 Å². The molecule has 28 heavy (non-hydrogen) atoms. The van der Waals surface area contributed by atoms with Gasteiger partial charge in [0.1, 0.15) is 0 Å². The van der Waals surface area contributed by atoms with Crippen molar-refractivity contribution in [3.63, 3.8) is 0 Å². The Bertz CT molecular complexity index is 976. The highest BCUT2D eigenvalue weighted by Crippen LogP contribution is 2.32. The van der Waals surface area contributed by atoms with Crippen LogP contribution in [-0.4, -0.2) is 27.0 Å². The topological polar surface area (TPSA) is 46.9 Å². The minimum absolute atomic E-state index is 0.121. The summed E-state index contributed by atoms with van der Waals surface area (Å²) in [6, 6.07) is 12.7. The summed E-state index contributed by atoms with van der Waals surface area (Å²) < 4.78 is 27.3. The Morgan fingerprint density at radius 2 is 2.00 bits per heavy atom. The van der Waals surface area contributed by atoms with Crippen LogP contribution in [0.1, 0.15) is 11.1 Å². The average molecular weight is 420 g/mol. The largest absolute Gasteiger partial charge is 0.324 e. The molecular weight excluding hydrogens is 400 g/mol. The number of carbonyl (C=O) groups excluding carboxylic acids is 1. The summed E-state index contributed by atoms with van der Waals surface area (Å²) in [5, 5.41) is 3.40. The fourth-order valence-corrected chi connectivity index (χ4v) is 4.10. The van der Waals surface area contributed by atoms with E-state index in [2.05, 4.69) is 16.4 Å². The van der Waals surface area contributed by atoms with Gasteiger partial charge in [-0.3, -0.25) is 9.36 Å². The molecule has 0 aliphatic rings. The van der Waals surface area contributed by atoms with Crippen LogP contribution < -0.4 is 5.32 Å². The first-order chi connectivity index (χ1) is 13.4. The Kier molecular flexibility index (Phi) is 6.74. The Morgan fingerprint density at radius 3 is 2.75 bits per heavy atom. The van der Waals surface area contributed by atoms with Crippen LogP contribution in [0.4, 0.5) is 14.5 Å². The van der Waals surface area contributed by atoms with E-state index in [9.17, 15) is 13.6 Å². The third kappa shape index (κ3) is 5.14. The van der Waals surface area contributed by atoms with Crippen molar-refractivity contribution in [1.82, 2.24) is 9.55 Å². The monoisotopic (exact) mass is 419 g/mol. The van der Waals surface area contributed by atoms with E-state index in [1.165, 1.54) is 17.3 Å². The molecule has 3 rings (SSSR count). The first-order valence-electron chi connectivity index (χ1n) is 8.51. The van der Waals surface area contributed by atoms with Gasteiger partial charge in [-0.05, 0) is 37.6 Å². The lowest BCUT2D eigenvalue weighted by molar-refractivity contribution is -0.113. The Balaban J connectivity index is 1.68. The Hall–Kier alpha value is -2.32. The lowest BCUT2D eigenvalue weighted by atomic mass is 10.1. The number of aromatic nitrogens is 2. The molecule has 8 heteroatoms. The van der Waals surface area contributed by atoms with Crippen LogP contribution in [0.2, 0.25) is 0 Å². The molecule has 0 saturated carbocycles. The number of thioether (sulfide) groups is 2. The highest BCUT2D eigenvalue weighted by Gasteiger charge is 2.14. The van der Waals surface area contributed by atoms with Gasteiger partial charge in [0.15, 0.2) is 5.16 Å². The number of imidazole rings is 1. The second-order valence-electron chi connectivity index (χ2n) is 6.08. The minimum atomic E-state index is -2.54. The number of aryl methyl sites for hydroxylation is 2. The predicted octanol–water partition coefficient (Wildman–Crippen LogP) is 5.53. The second kappa shape index (κ2) is 9.25. The predicted molar refractivity (Wildman–Crippen MR) is 111 cm³/mol. The Labute approximate surface area is 170 Å². The van der Waals surface area contributed by atoms with Gasteiger partial charge in [0, 0.05) is 17.3 Å². The number of nitrogens with zero attached hydrogens (tertiary/aromatic N) is 2. The van der Waals surface area contributed by atoms with Crippen molar-refractivity contribution in [1.29, 1.82) is 0 Å². The van der Waals surface area contributed by atoms with E-state index in [1.807, 2.05) is 36.7 Å². The fraction of sp³-hybridized carbons (Fsp3) is 0.200. The van der Waals surface area contributed by atoms with Crippen LogP contribution >= 0.6 is 23.5 Å². The highest BCUT2D eigenvalue weighted by atomic mass is 32.2. The number of benzene rings is 2. The van der Waals surface area contributed by atoms with E-state index in [1.54, 1.807) is 30.5 Å². The molecular formula is C20H19F2N3OS2. The summed E-state index contributed by atoms with van der Waals surface area (Å²) in [4.78, 5) is 17.0. The number of para-hydroxylation sites is 1. The van der Waals surface area contributed by atoms with E-state index in [-0.39, 0.29) is 11.7 Å². The average Bonchev–Trinajstić information content (AvgIpc) is 3.09. The number of hydrogen-bond acceptors (Lipinski definition) is 4. The number of hydrogen-bond donors (Lipinski definition) is 1. The van der Waals surface area contributed by atoms with Gasteiger partial charge in [-0.2, -0.15) is 8.78 Å². The van der Waals surface area contributed by atoms with Crippen molar-refractivity contribution in [2.75, 3.05) is 11.1 Å². The molecule has 0 unspecified atom stereocenters. The molecule has 0 aliphatic carbocycles. The van der Waals surface area contributed by atoms with E-state index >= 15 is 0 Å². The van der Waals surface area contributed by atoms with E-state index in [0.717, 1.165) is 11.3 Å². The second-order valence-corrected chi connectivity index (χ2v) is 8.06. The maximum Gasteiger partial charge on any atom is 0.288 e. The zero-order chi connectivity index (χ0) is 20.1. The lowest BCUT2D eigenvalue weighted by Crippen LogP contribution is -2.15. The SMILES string of the molecule is Cc1ccc(-n2ccnc2SCC(=O)Nc2ccccc2SC(F)F)c(C)c1. The molecule has 1 heterocycles. The van der Waals surface area contributed by atoms with Crippen LogP contribution in [-0.2, 0) is 4.79 Å². The van der Waals surface area contributed by atoms with Crippen molar-refractivity contribution in [3.05, 3.63) is 66.0 Å². The van der Waals surface area contributed by atoms with Gasteiger partial charge in [-0.25, -0.2) is 4.98 Å². The summed E-state index contributed by atoms with van der Waals surface area (Å²) >= 11 is 1.71. The van der Waals surface area contributed by atoms with Crippen molar-refractivity contribution >= 4 is 35.1 Å². The molecule has 1 amide bonds. The maximum atomic E-state index is 12.7. The number of alkyl halides is 2. The summed E-state index contributed by atoms with van der Waals surface area (Å²) in [6.45, 7) is 4.07. The third-order valence-electron chi connectivity index (χ3n) is 3.93. The highest BCUT2D eigenvalue weighted by molar-refractivity contribution is 8.00. The van der Waals surface area contributed by atoms with E-state index in [4.69, 9.17) is 0 Å². The first kappa shape index (κ1) is 20.4. The van der Waals surface area contributed by atoms with Gasteiger partial charge in [0.05, 0.1) is 17.1 Å². The van der Waals surface area contributed by atoms with Gasteiger partial charge in [0.25, 0.3) is 5.76 Å². The molecule has 0 bridgehead atoms. The Morgan fingerprint density at radius 1 is 1.21 bits per heavy atom. The summed E-state index contributed by atoms with van der Waals surface area (Å²) in [7, 11) is 0. The van der Waals surface area contributed by atoms with Gasteiger partial charge in [-0.15, -0.1) is 0 Å². The molecule has 1 aromatic heterocycles. The molecule has 3 aromatic rings. The number of rotatable bonds is 7. The quantitative estimate of drug-likeness (QED) is 0.511. The molecule has 146 valence electrons. The number of nitrogens with one attached hydrogen (secondary N) is 1. The van der Waals surface area contributed by atoms with Gasteiger partial charge in [0.2, 0.25) is 5.91 Å². The summed E-state index contributed by atoms with van der Waals surface area (Å²) in [5.74, 6) is -2.70. The van der Waals surface area contributed by atoms with E-state index < -0.39 is 5.76 Å². The zero-order valence-corrected chi connectivity index (χ0v) is 17.0. The lowest BCUT2D eigenvalue weighted by Gasteiger charge is -2.12. The van der Waals surface area contributed by atoms with Crippen molar-refractivity contribution in [2.45, 2.75) is 29.7 Å². The minimum Gasteiger partial charge on any atom is -0.324 e. The maximum absolute atomic E-state index is 12.7. The van der Waals surface area contributed by atoms with Gasteiger partial charge >= 0.3 is 0 Å². The van der Waals surface area contributed by atoms with Gasteiger partial charge < -0.3 is 5.32 Å². The number of carbonyl (C=O) groups is 1. The number of amides is 1. The molecule has 0 aliphatic heterocycles. The fourth-order valence-electron chi connectivity index (χ4n) is 2.74. The molecule has 0 fully saturated rings. The third-order valence-corrected chi connectivity index (χ3v) is 5.68. The zero-order valence-electron chi connectivity index (χ0n) is 15.4. The van der Waals surface area contributed by atoms with Crippen LogP contribution in [0.25, 0.3) is 5.69 Å². The van der Waals surface area contributed by atoms with Crippen LogP contribution in [0.15, 0.2) is 64.9 Å². The van der Waals surface area contributed by atoms with E-state index in [0.29, 0.717) is 27.5 Å². The molecule has 0 spiro atoms. The molecule has 0 radical (unpaired) electrons. The standard InChI is InChI=1S/C20H19F2N3OS2/c1-13-7-8-16(14(2)11-13)25-10-9-23-20(25)27-12-18(26)24-15-5-3-4-6-17(15)28-19(21)22/h3-11,19H,12H2,1-2H3,(H,24,26). The van der Waals surface area contributed by atoms with Crippen LogP contribution in [0.3, 0.4) is 0 Å². The van der Waals surface area contributed by atoms with Crippen molar-refractivity contribution in [2.24, 2.45) is 0 Å². The molecule has 2 aromatic carbocycles. The number of halogens is 2. The van der Waals surface area contributed by atoms with Crippen molar-refractivity contribution < 1.29 is 13.6 Å². The molecule has 0 atom stereocenters. The molecule has 0 saturated heterocycles. The number of anilines is 1. The molecule has 1 N–H and O–H groups in total. The normalized spacial score (nSPS) is 11.0. The van der Waals surface area contributed by atoms with Crippen molar-refractivity contribution in [3.8, 4) is 5.69 Å². The summed E-state index contributed by atoms with van der Waals surface area (Å²) in [5.41, 5.74) is 3.68. The van der Waals surface area contributed by atoms with Crippen LogP contribution in [0.5, 0.6) is 0 Å². The summed E-state index contributed by atoms with van der Waals surface area (Å²) in [6.07, 6.45) is 3.54. The first-order valence-corrected chi connectivity index (χ1v) is 10.4. The molecule has 4 nitrogen and oxygen atoms in total. The van der Waals surface area contributed by atoms with Crippen LogP contribution in [0, 0.1) is 13.8 Å².